The Morgan fingerprint density at radius 2 is 1.94 bits per heavy atom. The van der Waals surface area contributed by atoms with E-state index in [4.69, 9.17) is 0 Å². The lowest BCUT2D eigenvalue weighted by Gasteiger charge is -2.12. The van der Waals surface area contributed by atoms with Crippen molar-refractivity contribution in [1.82, 2.24) is 0 Å². The van der Waals surface area contributed by atoms with E-state index in [1.807, 2.05) is 0 Å². The highest BCUT2D eigenvalue weighted by atomic mass is 16.5. The van der Waals surface area contributed by atoms with Crippen LogP contribution in [0, 0.1) is 37.0 Å². The first kappa shape index (κ1) is 12.1. The Kier molecular flexibility index (Phi) is 3.22. The molecule has 0 aromatic heterocycles. The smallest absolute Gasteiger partial charge is 0.319 e. The number of methoxy groups -OCH3 is 1. The summed E-state index contributed by atoms with van der Waals surface area (Å²) in [7, 11) is 1.27. The molecule has 0 aromatic carbocycles. The molecular formula is C13H13O4. The molecule has 0 aromatic rings. The van der Waals surface area contributed by atoms with Crippen LogP contribution >= 0.6 is 0 Å². The Labute approximate surface area is 101 Å². The molecule has 2 rings (SSSR count). The highest BCUT2D eigenvalue weighted by Gasteiger charge is 2.55. The van der Waals surface area contributed by atoms with Gasteiger partial charge in [-0.05, 0) is 38.5 Å². The van der Waals surface area contributed by atoms with E-state index in [2.05, 4.69) is 4.74 Å². The van der Waals surface area contributed by atoms with Crippen molar-refractivity contribution in [3.63, 3.8) is 0 Å². The summed E-state index contributed by atoms with van der Waals surface area (Å²) in [5.41, 5.74) is -0.975. The molecule has 0 heterocycles. The van der Waals surface area contributed by atoms with Gasteiger partial charge in [0.25, 0.3) is 0 Å². The van der Waals surface area contributed by atoms with Gasteiger partial charge in [-0.25, -0.2) is 0 Å². The van der Waals surface area contributed by atoms with Crippen LogP contribution in [0.5, 0.6) is 0 Å². The fourth-order valence-corrected chi connectivity index (χ4v) is 1.77. The van der Waals surface area contributed by atoms with Crippen LogP contribution in [0.3, 0.4) is 0 Å². The lowest BCUT2D eigenvalue weighted by atomic mass is 9.98. The quantitative estimate of drug-likeness (QED) is 0.452. The minimum Gasteiger partial charge on any atom is -0.511 e. The summed E-state index contributed by atoms with van der Waals surface area (Å²) in [4.78, 5) is 23.2. The van der Waals surface area contributed by atoms with Crippen LogP contribution < -0.4 is 0 Å². The van der Waals surface area contributed by atoms with Crippen molar-refractivity contribution >= 4 is 11.8 Å². The summed E-state index contributed by atoms with van der Waals surface area (Å²) in [5, 5.41) is 9.85. The molecule has 0 saturated heterocycles. The van der Waals surface area contributed by atoms with Crippen molar-refractivity contribution < 1.29 is 19.4 Å². The molecule has 0 bridgehead atoms. The molecule has 2 fully saturated rings. The van der Waals surface area contributed by atoms with Gasteiger partial charge in [0.1, 0.15) is 11.2 Å². The van der Waals surface area contributed by atoms with Crippen LogP contribution in [0.1, 0.15) is 12.8 Å². The van der Waals surface area contributed by atoms with Gasteiger partial charge in [0.2, 0.25) is 0 Å². The Morgan fingerprint density at radius 3 is 2.41 bits per heavy atom. The third-order valence-corrected chi connectivity index (χ3v) is 3.03. The predicted molar refractivity (Wildman–Crippen MR) is 59.8 cm³/mol. The van der Waals surface area contributed by atoms with Crippen molar-refractivity contribution in [1.29, 1.82) is 0 Å². The van der Waals surface area contributed by atoms with E-state index in [9.17, 15) is 14.7 Å². The molecular weight excluding hydrogens is 220 g/mol. The number of hydrogen-bond donors (Lipinski definition) is 1. The lowest BCUT2D eigenvalue weighted by Crippen LogP contribution is -2.21. The minimum atomic E-state index is -0.975. The normalized spacial score (nSPS) is 23.5. The standard InChI is InChI=1S/C13H13O4/c1-17-12(16)13(6-7-13)11(15)8-10(14)9-4-2-3-5-9/h2-5,8,15H,6-7H2,1H3/b11-8-. The van der Waals surface area contributed by atoms with E-state index in [0.29, 0.717) is 18.8 Å². The summed E-state index contributed by atoms with van der Waals surface area (Å²) in [6.45, 7) is 0. The molecule has 0 atom stereocenters. The van der Waals surface area contributed by atoms with Gasteiger partial charge in [0.05, 0.1) is 13.0 Å². The van der Waals surface area contributed by atoms with Gasteiger partial charge in [-0.3, -0.25) is 9.59 Å². The average molecular weight is 233 g/mol. The molecule has 0 spiro atoms. The SMILES string of the molecule is COC(=O)C1(/C(O)=C/C(=O)[C]2[CH][CH][CH][CH]2)CC1. The van der Waals surface area contributed by atoms with Gasteiger partial charge >= 0.3 is 5.97 Å². The fraction of sp³-hybridized carbons (Fsp3) is 0.308. The summed E-state index contributed by atoms with van der Waals surface area (Å²) < 4.78 is 4.62. The Balaban J connectivity index is 2.06. The van der Waals surface area contributed by atoms with E-state index in [-0.39, 0.29) is 11.5 Å². The summed E-state index contributed by atoms with van der Waals surface area (Å²) >= 11 is 0. The van der Waals surface area contributed by atoms with E-state index in [0.717, 1.165) is 6.08 Å². The number of ether oxygens (including phenoxy) is 1. The van der Waals surface area contributed by atoms with Crippen LogP contribution in [-0.2, 0) is 14.3 Å². The van der Waals surface area contributed by atoms with Gasteiger partial charge in [-0.15, -0.1) is 0 Å². The summed E-state index contributed by atoms with van der Waals surface area (Å²) in [6.07, 6.45) is 8.95. The molecule has 0 amide bonds. The van der Waals surface area contributed by atoms with Crippen molar-refractivity contribution in [3.8, 4) is 0 Å². The lowest BCUT2D eigenvalue weighted by molar-refractivity contribution is -0.146. The van der Waals surface area contributed by atoms with Crippen molar-refractivity contribution in [2.24, 2.45) is 5.41 Å². The first-order valence-electron chi connectivity index (χ1n) is 5.36. The molecule has 0 aliphatic heterocycles. The molecule has 2 saturated carbocycles. The molecule has 2 aliphatic carbocycles. The number of rotatable bonds is 4. The van der Waals surface area contributed by atoms with E-state index >= 15 is 0 Å². The second-order valence-corrected chi connectivity index (χ2v) is 4.14. The Hall–Kier alpha value is -1.32. The highest BCUT2D eigenvalue weighted by Crippen LogP contribution is 2.52. The van der Waals surface area contributed by atoms with E-state index < -0.39 is 11.4 Å². The fourth-order valence-electron chi connectivity index (χ4n) is 1.77. The molecule has 0 unspecified atom stereocenters. The average Bonchev–Trinajstić information content (AvgIpc) is 2.95. The third kappa shape index (κ3) is 2.21. The summed E-state index contributed by atoms with van der Waals surface area (Å²) in [5.74, 6) is -0.489. The van der Waals surface area contributed by atoms with Crippen molar-refractivity contribution in [2.75, 3.05) is 7.11 Å². The number of carbonyl (C=O) groups is 2. The number of hydrogen-bond acceptors (Lipinski definition) is 4. The van der Waals surface area contributed by atoms with Crippen LogP contribution in [-0.4, -0.2) is 24.0 Å². The first-order chi connectivity index (χ1) is 8.10. The predicted octanol–water partition coefficient (Wildman–Crippen LogP) is 1.36. The molecule has 2 aliphatic rings. The molecule has 5 radical (unpaired) electrons. The van der Waals surface area contributed by atoms with Crippen molar-refractivity contribution in [2.45, 2.75) is 12.8 Å². The van der Waals surface area contributed by atoms with Crippen molar-refractivity contribution in [3.05, 3.63) is 43.4 Å². The largest absolute Gasteiger partial charge is 0.511 e. The number of carbonyl (C=O) groups excluding carboxylic acids is 2. The van der Waals surface area contributed by atoms with E-state index in [1.165, 1.54) is 7.11 Å². The molecule has 89 valence electrons. The van der Waals surface area contributed by atoms with Gasteiger partial charge in [0, 0.05) is 6.08 Å². The van der Waals surface area contributed by atoms with E-state index in [1.54, 1.807) is 25.7 Å². The number of allylic oxidation sites excluding steroid dienone is 1. The Bertz CT molecular complexity index is 360. The number of ketones is 1. The monoisotopic (exact) mass is 233 g/mol. The van der Waals surface area contributed by atoms with Crippen LogP contribution in [0.25, 0.3) is 0 Å². The maximum absolute atomic E-state index is 11.7. The second-order valence-electron chi connectivity index (χ2n) is 4.14. The molecule has 17 heavy (non-hydrogen) atoms. The molecule has 4 heteroatoms. The third-order valence-electron chi connectivity index (χ3n) is 3.03. The summed E-state index contributed by atoms with van der Waals surface area (Å²) in [6, 6.07) is 0. The zero-order chi connectivity index (χ0) is 12.5. The Morgan fingerprint density at radius 1 is 1.35 bits per heavy atom. The van der Waals surface area contributed by atoms with Gasteiger partial charge < -0.3 is 9.84 Å². The molecule has 4 nitrogen and oxygen atoms in total. The minimum absolute atomic E-state index is 0.199. The van der Waals surface area contributed by atoms with Crippen LogP contribution in [0.4, 0.5) is 0 Å². The molecule has 1 N–H and O–H groups in total. The van der Waals surface area contributed by atoms with Gasteiger partial charge in [-0.2, -0.15) is 0 Å². The number of aliphatic hydroxyl groups excluding tert-OH is 1. The van der Waals surface area contributed by atoms with Crippen LogP contribution in [0.15, 0.2) is 11.8 Å². The first-order valence-corrected chi connectivity index (χ1v) is 5.36. The number of aliphatic hydroxyl groups is 1. The maximum Gasteiger partial charge on any atom is 0.319 e. The zero-order valence-electron chi connectivity index (χ0n) is 9.47. The van der Waals surface area contributed by atoms with Gasteiger partial charge in [-0.1, -0.05) is 0 Å². The maximum atomic E-state index is 11.7. The highest BCUT2D eigenvalue weighted by molar-refractivity contribution is 6.06. The number of esters is 1. The topological polar surface area (TPSA) is 63.6 Å². The second kappa shape index (κ2) is 4.51. The van der Waals surface area contributed by atoms with Gasteiger partial charge in [0.15, 0.2) is 5.78 Å². The van der Waals surface area contributed by atoms with Crippen LogP contribution in [0.2, 0.25) is 0 Å². The zero-order valence-corrected chi connectivity index (χ0v) is 9.47.